The summed E-state index contributed by atoms with van der Waals surface area (Å²) < 4.78 is 0. The molecular formula is C12H18N4O4. The SMILES string of the molecule is CCNC(=O)CCNC(=O)Nc1cc(C)[nH]c1C(=O)O. The molecular weight excluding hydrogens is 264 g/mol. The van der Waals surface area contributed by atoms with Crippen LogP contribution >= 0.6 is 0 Å². The molecule has 8 nitrogen and oxygen atoms in total. The third-order valence-corrected chi connectivity index (χ3v) is 2.43. The fourth-order valence-corrected chi connectivity index (χ4v) is 1.60. The maximum Gasteiger partial charge on any atom is 0.354 e. The van der Waals surface area contributed by atoms with E-state index >= 15 is 0 Å². The first-order chi connectivity index (χ1) is 9.43. The van der Waals surface area contributed by atoms with E-state index in [1.54, 1.807) is 13.8 Å². The van der Waals surface area contributed by atoms with Crippen LogP contribution in [0.3, 0.4) is 0 Å². The van der Waals surface area contributed by atoms with Gasteiger partial charge in [-0.1, -0.05) is 0 Å². The van der Waals surface area contributed by atoms with Crippen molar-refractivity contribution in [2.75, 3.05) is 18.4 Å². The van der Waals surface area contributed by atoms with Crippen LogP contribution in [0.1, 0.15) is 29.5 Å². The molecule has 20 heavy (non-hydrogen) atoms. The first kappa shape index (κ1) is 15.5. The second-order valence-electron chi connectivity index (χ2n) is 4.13. The molecule has 0 saturated carbocycles. The Bertz CT molecular complexity index is 510. The Morgan fingerprint density at radius 2 is 2.00 bits per heavy atom. The van der Waals surface area contributed by atoms with Gasteiger partial charge in [-0.2, -0.15) is 0 Å². The standard InChI is InChI=1S/C12H18N4O4/c1-3-13-9(17)4-5-14-12(20)16-8-6-7(2)15-10(8)11(18)19/h6,15H,3-5H2,1-2H3,(H,13,17)(H,18,19)(H2,14,16,20). The van der Waals surface area contributed by atoms with E-state index in [1.165, 1.54) is 6.07 Å². The lowest BCUT2D eigenvalue weighted by Crippen LogP contribution is -2.33. The number of aryl methyl sites for hydroxylation is 1. The van der Waals surface area contributed by atoms with Crippen LogP contribution in [0.5, 0.6) is 0 Å². The third-order valence-electron chi connectivity index (χ3n) is 2.43. The quantitative estimate of drug-likeness (QED) is 0.526. The summed E-state index contributed by atoms with van der Waals surface area (Å²) in [7, 11) is 0. The highest BCUT2D eigenvalue weighted by molar-refractivity contribution is 5.99. The van der Waals surface area contributed by atoms with Gasteiger partial charge in [0.1, 0.15) is 5.69 Å². The molecule has 1 aromatic heterocycles. The minimum Gasteiger partial charge on any atom is -0.477 e. The number of amides is 3. The number of carbonyl (C=O) groups excluding carboxylic acids is 2. The van der Waals surface area contributed by atoms with Crippen LogP contribution in [0.2, 0.25) is 0 Å². The highest BCUT2D eigenvalue weighted by Gasteiger charge is 2.15. The fraction of sp³-hybridized carbons (Fsp3) is 0.417. The number of hydrogen-bond acceptors (Lipinski definition) is 3. The number of aromatic nitrogens is 1. The van der Waals surface area contributed by atoms with Crippen LogP contribution in [0, 0.1) is 6.92 Å². The van der Waals surface area contributed by atoms with Gasteiger partial charge < -0.3 is 26.0 Å². The van der Waals surface area contributed by atoms with E-state index in [0.29, 0.717) is 12.2 Å². The molecule has 0 unspecified atom stereocenters. The van der Waals surface area contributed by atoms with Crippen molar-refractivity contribution < 1.29 is 19.5 Å². The zero-order valence-corrected chi connectivity index (χ0v) is 11.4. The first-order valence-electron chi connectivity index (χ1n) is 6.18. The molecule has 0 atom stereocenters. The van der Waals surface area contributed by atoms with Gasteiger partial charge in [0.05, 0.1) is 5.69 Å². The van der Waals surface area contributed by atoms with Gasteiger partial charge in [-0.15, -0.1) is 0 Å². The number of nitrogens with one attached hydrogen (secondary N) is 4. The number of hydrogen-bond donors (Lipinski definition) is 5. The van der Waals surface area contributed by atoms with E-state index in [9.17, 15) is 14.4 Å². The summed E-state index contributed by atoms with van der Waals surface area (Å²) >= 11 is 0. The molecule has 0 aliphatic carbocycles. The normalized spacial score (nSPS) is 9.90. The van der Waals surface area contributed by atoms with E-state index in [2.05, 4.69) is 20.9 Å². The van der Waals surface area contributed by atoms with Crippen LogP contribution in [0.4, 0.5) is 10.5 Å². The summed E-state index contributed by atoms with van der Waals surface area (Å²) in [4.78, 5) is 36.3. The number of aromatic carboxylic acids is 1. The number of carboxylic acid groups (broad SMARTS) is 1. The Hall–Kier alpha value is -2.51. The van der Waals surface area contributed by atoms with Gasteiger partial charge in [0.15, 0.2) is 0 Å². The lowest BCUT2D eigenvalue weighted by molar-refractivity contribution is -0.120. The van der Waals surface area contributed by atoms with Crippen molar-refractivity contribution >= 4 is 23.6 Å². The van der Waals surface area contributed by atoms with Crippen molar-refractivity contribution in [2.24, 2.45) is 0 Å². The Kier molecular flexibility index (Phi) is 5.57. The molecule has 0 aliphatic heterocycles. The number of carbonyl (C=O) groups is 3. The molecule has 1 aromatic rings. The van der Waals surface area contributed by atoms with Gasteiger partial charge in [-0.25, -0.2) is 9.59 Å². The summed E-state index contributed by atoms with van der Waals surface area (Å²) in [6.07, 6.45) is 0.166. The van der Waals surface area contributed by atoms with E-state index in [1.807, 2.05) is 0 Å². The average molecular weight is 282 g/mol. The molecule has 0 aliphatic rings. The first-order valence-corrected chi connectivity index (χ1v) is 6.18. The molecule has 1 heterocycles. The average Bonchev–Trinajstić information content (AvgIpc) is 2.70. The van der Waals surface area contributed by atoms with Gasteiger partial charge in [0.25, 0.3) is 0 Å². The van der Waals surface area contributed by atoms with E-state index in [4.69, 9.17) is 5.11 Å². The number of anilines is 1. The van der Waals surface area contributed by atoms with Crippen LogP contribution in [-0.2, 0) is 4.79 Å². The molecule has 110 valence electrons. The van der Waals surface area contributed by atoms with Crippen molar-refractivity contribution in [3.63, 3.8) is 0 Å². The highest BCUT2D eigenvalue weighted by atomic mass is 16.4. The fourth-order valence-electron chi connectivity index (χ4n) is 1.60. The predicted octanol–water partition coefficient (Wildman–Crippen LogP) is 0.669. The van der Waals surface area contributed by atoms with Gasteiger partial charge >= 0.3 is 12.0 Å². The van der Waals surface area contributed by atoms with Crippen LogP contribution in [-0.4, -0.2) is 41.1 Å². The largest absolute Gasteiger partial charge is 0.477 e. The van der Waals surface area contributed by atoms with Crippen molar-refractivity contribution in [3.05, 3.63) is 17.5 Å². The lowest BCUT2D eigenvalue weighted by Gasteiger charge is -2.07. The number of carboxylic acids is 1. The van der Waals surface area contributed by atoms with Crippen molar-refractivity contribution in [1.82, 2.24) is 15.6 Å². The Labute approximate surface area is 115 Å². The Morgan fingerprint density at radius 1 is 1.30 bits per heavy atom. The monoisotopic (exact) mass is 282 g/mol. The molecule has 5 N–H and O–H groups in total. The second-order valence-corrected chi connectivity index (χ2v) is 4.13. The summed E-state index contributed by atoms with van der Waals surface area (Å²) in [6.45, 7) is 4.20. The van der Waals surface area contributed by atoms with Crippen LogP contribution in [0.25, 0.3) is 0 Å². The summed E-state index contributed by atoms with van der Waals surface area (Å²) in [6, 6.07) is 0.961. The minimum atomic E-state index is -1.16. The maximum absolute atomic E-state index is 11.6. The number of aromatic amines is 1. The molecule has 0 saturated heterocycles. The van der Waals surface area contributed by atoms with Gasteiger partial charge in [-0.05, 0) is 19.9 Å². The van der Waals surface area contributed by atoms with E-state index < -0.39 is 12.0 Å². The van der Waals surface area contributed by atoms with Crippen LogP contribution < -0.4 is 16.0 Å². The maximum atomic E-state index is 11.6. The molecule has 8 heteroatoms. The molecule has 3 amide bonds. The lowest BCUT2D eigenvalue weighted by atomic mass is 10.3. The predicted molar refractivity (Wildman–Crippen MR) is 72.8 cm³/mol. The Morgan fingerprint density at radius 3 is 2.60 bits per heavy atom. The zero-order chi connectivity index (χ0) is 15.1. The number of rotatable bonds is 6. The highest BCUT2D eigenvalue weighted by Crippen LogP contribution is 2.16. The third kappa shape index (κ3) is 4.63. The second kappa shape index (κ2) is 7.17. The molecule has 0 spiro atoms. The van der Waals surface area contributed by atoms with Crippen molar-refractivity contribution in [2.45, 2.75) is 20.3 Å². The molecule has 0 aromatic carbocycles. The van der Waals surface area contributed by atoms with Gasteiger partial charge in [0, 0.05) is 25.2 Å². The van der Waals surface area contributed by atoms with E-state index in [0.717, 1.165) is 0 Å². The molecule has 0 fully saturated rings. The summed E-state index contributed by atoms with van der Waals surface area (Å²) in [5, 5.41) is 16.4. The summed E-state index contributed by atoms with van der Waals surface area (Å²) in [5.41, 5.74) is 0.729. The van der Waals surface area contributed by atoms with Gasteiger partial charge in [0.2, 0.25) is 5.91 Å². The van der Waals surface area contributed by atoms with Gasteiger partial charge in [-0.3, -0.25) is 4.79 Å². The minimum absolute atomic E-state index is 0.0821. The molecule has 1 rings (SSSR count). The number of H-pyrrole nitrogens is 1. The smallest absolute Gasteiger partial charge is 0.354 e. The Balaban J connectivity index is 2.47. The summed E-state index contributed by atoms with van der Waals surface area (Å²) in [5.74, 6) is -1.31. The van der Waals surface area contributed by atoms with Crippen molar-refractivity contribution in [3.8, 4) is 0 Å². The van der Waals surface area contributed by atoms with Crippen LogP contribution in [0.15, 0.2) is 6.07 Å². The topological polar surface area (TPSA) is 123 Å². The number of urea groups is 1. The van der Waals surface area contributed by atoms with Crippen molar-refractivity contribution in [1.29, 1.82) is 0 Å². The molecule has 0 radical (unpaired) electrons. The van der Waals surface area contributed by atoms with E-state index in [-0.39, 0.29) is 30.3 Å². The zero-order valence-electron chi connectivity index (χ0n) is 11.4. The molecule has 0 bridgehead atoms.